The number of aromatic carboxylic acids is 1. The molecule has 0 radical (unpaired) electrons. The van der Waals surface area contributed by atoms with Crippen LogP contribution >= 0.6 is 11.3 Å². The van der Waals surface area contributed by atoms with E-state index in [-0.39, 0.29) is 11.6 Å². The fourth-order valence-electron chi connectivity index (χ4n) is 1.02. The molecule has 0 unspecified atom stereocenters. The Kier molecular flexibility index (Phi) is 5.53. The van der Waals surface area contributed by atoms with Gasteiger partial charge in [0.15, 0.2) is 0 Å². The van der Waals surface area contributed by atoms with E-state index in [1.165, 1.54) is 0 Å². The molecule has 0 atom stereocenters. The van der Waals surface area contributed by atoms with Crippen LogP contribution in [0.1, 0.15) is 15.5 Å². The van der Waals surface area contributed by atoms with Crippen molar-refractivity contribution in [3.05, 3.63) is 16.1 Å². The molecule has 1 heterocycles. The summed E-state index contributed by atoms with van der Waals surface area (Å²) in [6, 6.07) is 0. The number of nitrogens with two attached hydrogens (primary N) is 1. The van der Waals surface area contributed by atoms with Gasteiger partial charge in [0.1, 0.15) is 6.61 Å². The normalized spacial score (nSPS) is 10.4. The summed E-state index contributed by atoms with van der Waals surface area (Å²) >= 11 is 1.09. The summed E-state index contributed by atoms with van der Waals surface area (Å²) in [6.45, 7) is 1.26. The van der Waals surface area contributed by atoms with Crippen molar-refractivity contribution in [2.45, 2.75) is 6.54 Å². The third-order valence-electron chi connectivity index (χ3n) is 1.71. The van der Waals surface area contributed by atoms with Crippen LogP contribution in [0.2, 0.25) is 0 Å². The number of carbonyl (C=O) groups is 2. The highest BCUT2D eigenvalue weighted by molar-refractivity contribution is 7.11. The molecule has 0 spiro atoms. The lowest BCUT2D eigenvalue weighted by atomic mass is 10.5. The molecule has 0 aliphatic carbocycles. The van der Waals surface area contributed by atoms with Crippen LogP contribution in [-0.2, 0) is 16.1 Å². The van der Waals surface area contributed by atoms with E-state index < -0.39 is 11.9 Å². The first kappa shape index (κ1) is 13.6. The zero-order valence-electron chi connectivity index (χ0n) is 9.01. The highest BCUT2D eigenvalue weighted by Crippen LogP contribution is 2.08. The van der Waals surface area contributed by atoms with Gasteiger partial charge >= 0.3 is 5.97 Å². The standard InChI is InChI=1S/C9H13N3O4S/c10-7(13)4-16-2-1-11-3-6-5-17-8(12-6)9(14)15/h5,11H,1-4H2,(H2,10,13)(H,14,15). The third kappa shape index (κ3) is 5.38. The highest BCUT2D eigenvalue weighted by atomic mass is 32.1. The van der Waals surface area contributed by atoms with Gasteiger partial charge in [0.05, 0.1) is 12.3 Å². The maximum atomic E-state index is 10.6. The lowest BCUT2D eigenvalue weighted by Gasteiger charge is -2.02. The Morgan fingerprint density at radius 2 is 2.35 bits per heavy atom. The van der Waals surface area contributed by atoms with Gasteiger partial charge in [-0.15, -0.1) is 11.3 Å². The number of amides is 1. The number of primary amides is 1. The summed E-state index contributed by atoms with van der Waals surface area (Å²) in [5, 5.41) is 13.4. The van der Waals surface area contributed by atoms with E-state index >= 15 is 0 Å². The van der Waals surface area contributed by atoms with Crippen LogP contribution in [0.15, 0.2) is 5.38 Å². The van der Waals surface area contributed by atoms with Gasteiger partial charge in [-0.2, -0.15) is 0 Å². The molecule has 0 saturated heterocycles. The first-order chi connectivity index (χ1) is 8.09. The van der Waals surface area contributed by atoms with Gasteiger partial charge < -0.3 is 20.9 Å². The first-order valence-corrected chi connectivity index (χ1v) is 5.72. The van der Waals surface area contributed by atoms with Gasteiger partial charge in [-0.25, -0.2) is 9.78 Å². The largest absolute Gasteiger partial charge is 0.476 e. The number of carboxylic acids is 1. The van der Waals surface area contributed by atoms with Crippen molar-refractivity contribution in [1.29, 1.82) is 0 Å². The number of thiazole rings is 1. The fourth-order valence-corrected chi connectivity index (χ4v) is 1.67. The van der Waals surface area contributed by atoms with Crippen molar-refractivity contribution in [1.82, 2.24) is 10.3 Å². The Balaban J connectivity index is 2.13. The van der Waals surface area contributed by atoms with E-state index in [1.54, 1.807) is 5.38 Å². The number of ether oxygens (including phenoxy) is 1. The molecule has 0 aliphatic heterocycles. The van der Waals surface area contributed by atoms with E-state index in [1.807, 2.05) is 0 Å². The van der Waals surface area contributed by atoms with Crippen LogP contribution in [0.25, 0.3) is 0 Å². The summed E-state index contributed by atoms with van der Waals surface area (Å²) in [5.41, 5.74) is 5.55. The Labute approximate surface area is 102 Å². The number of hydrogen-bond donors (Lipinski definition) is 3. The molecule has 8 heteroatoms. The fraction of sp³-hybridized carbons (Fsp3) is 0.444. The molecule has 1 aromatic heterocycles. The molecule has 0 aromatic carbocycles. The van der Waals surface area contributed by atoms with Crippen LogP contribution in [0, 0.1) is 0 Å². The number of nitrogens with one attached hydrogen (secondary N) is 1. The second kappa shape index (κ2) is 6.94. The molecule has 0 saturated carbocycles. The minimum absolute atomic E-state index is 0.0757. The maximum Gasteiger partial charge on any atom is 0.365 e. The van der Waals surface area contributed by atoms with Crippen LogP contribution in [0.3, 0.4) is 0 Å². The second-order valence-corrected chi connectivity index (χ2v) is 4.00. The Morgan fingerprint density at radius 3 is 2.94 bits per heavy atom. The van der Waals surface area contributed by atoms with Gasteiger partial charge in [-0.1, -0.05) is 0 Å². The third-order valence-corrected chi connectivity index (χ3v) is 2.59. The molecular formula is C9H13N3O4S. The van der Waals surface area contributed by atoms with Crippen molar-refractivity contribution in [2.24, 2.45) is 5.73 Å². The van der Waals surface area contributed by atoms with Crippen LogP contribution in [0.5, 0.6) is 0 Å². The van der Waals surface area contributed by atoms with Crippen molar-refractivity contribution >= 4 is 23.2 Å². The number of hydrogen-bond acceptors (Lipinski definition) is 6. The van der Waals surface area contributed by atoms with Crippen molar-refractivity contribution in [3.8, 4) is 0 Å². The van der Waals surface area contributed by atoms with Gasteiger partial charge in [0, 0.05) is 18.5 Å². The van der Waals surface area contributed by atoms with Gasteiger partial charge in [-0.3, -0.25) is 4.79 Å². The second-order valence-electron chi connectivity index (χ2n) is 3.14. The topological polar surface area (TPSA) is 115 Å². The van der Waals surface area contributed by atoms with E-state index in [9.17, 15) is 9.59 Å². The molecule has 94 valence electrons. The first-order valence-electron chi connectivity index (χ1n) is 4.84. The monoisotopic (exact) mass is 259 g/mol. The molecule has 1 amide bonds. The van der Waals surface area contributed by atoms with Gasteiger partial charge in [-0.05, 0) is 0 Å². The number of nitrogens with zero attached hydrogens (tertiary/aromatic N) is 1. The quantitative estimate of drug-likeness (QED) is 0.539. The minimum Gasteiger partial charge on any atom is -0.476 e. The molecule has 1 aromatic rings. The van der Waals surface area contributed by atoms with Crippen LogP contribution in [-0.4, -0.2) is 41.7 Å². The number of rotatable bonds is 8. The number of carbonyl (C=O) groups excluding carboxylic acids is 1. The average molecular weight is 259 g/mol. The average Bonchev–Trinajstić information content (AvgIpc) is 2.71. The van der Waals surface area contributed by atoms with Crippen molar-refractivity contribution < 1.29 is 19.4 Å². The Morgan fingerprint density at radius 1 is 1.59 bits per heavy atom. The zero-order chi connectivity index (χ0) is 12.7. The molecule has 0 bridgehead atoms. The minimum atomic E-state index is -1.02. The molecule has 4 N–H and O–H groups in total. The smallest absolute Gasteiger partial charge is 0.365 e. The SMILES string of the molecule is NC(=O)COCCNCc1csc(C(=O)O)n1. The lowest BCUT2D eigenvalue weighted by Crippen LogP contribution is -2.23. The van der Waals surface area contributed by atoms with E-state index in [4.69, 9.17) is 15.6 Å². The maximum absolute atomic E-state index is 10.6. The predicted octanol–water partition coefficient (Wildman–Crippen LogP) is -0.567. The van der Waals surface area contributed by atoms with E-state index in [0.717, 1.165) is 11.3 Å². The Hall–Kier alpha value is -1.51. The van der Waals surface area contributed by atoms with Crippen LogP contribution in [0.4, 0.5) is 0 Å². The molecule has 7 nitrogen and oxygen atoms in total. The Bertz CT molecular complexity index is 393. The van der Waals surface area contributed by atoms with E-state index in [0.29, 0.717) is 25.4 Å². The summed E-state index contributed by atoms with van der Waals surface area (Å²) in [6.07, 6.45) is 0. The zero-order valence-corrected chi connectivity index (χ0v) is 9.83. The van der Waals surface area contributed by atoms with E-state index in [2.05, 4.69) is 10.3 Å². The predicted molar refractivity (Wildman–Crippen MR) is 60.8 cm³/mol. The molecule has 1 rings (SSSR count). The molecular weight excluding hydrogens is 246 g/mol. The summed E-state index contributed by atoms with van der Waals surface area (Å²) < 4.78 is 4.93. The molecule has 0 fully saturated rings. The summed E-state index contributed by atoms with van der Waals surface area (Å²) in [4.78, 5) is 24.8. The van der Waals surface area contributed by atoms with Crippen molar-refractivity contribution in [3.63, 3.8) is 0 Å². The number of aromatic nitrogens is 1. The van der Waals surface area contributed by atoms with Crippen molar-refractivity contribution in [2.75, 3.05) is 19.8 Å². The van der Waals surface area contributed by atoms with Crippen LogP contribution < -0.4 is 11.1 Å². The molecule has 0 aliphatic rings. The summed E-state index contributed by atoms with van der Waals surface area (Å²) in [5.74, 6) is -1.53. The van der Waals surface area contributed by atoms with Gasteiger partial charge in [0.25, 0.3) is 0 Å². The molecule has 17 heavy (non-hydrogen) atoms. The lowest BCUT2D eigenvalue weighted by molar-refractivity contribution is -0.122. The van der Waals surface area contributed by atoms with Gasteiger partial charge in [0.2, 0.25) is 10.9 Å². The summed E-state index contributed by atoms with van der Waals surface area (Å²) in [7, 11) is 0. The number of carboxylic acid groups (broad SMARTS) is 1. The highest BCUT2D eigenvalue weighted by Gasteiger charge is 2.08.